The number of nitrogens with zero attached hydrogens (tertiary/aromatic N) is 4. The quantitative estimate of drug-likeness (QED) is 0.399. The molecule has 0 unspecified atom stereocenters. The van der Waals surface area contributed by atoms with Crippen LogP contribution in [0.15, 0.2) is 41.8 Å². The van der Waals surface area contributed by atoms with Gasteiger partial charge in [-0.05, 0) is 32.0 Å². The molecule has 126 valence electrons. The molecule has 3 heterocycles. The molecule has 0 saturated heterocycles. The maximum atomic E-state index is 12.0. The second-order valence-corrected chi connectivity index (χ2v) is 6.46. The number of pyridine rings is 1. The van der Waals surface area contributed by atoms with Gasteiger partial charge in [-0.15, -0.1) is 0 Å². The van der Waals surface area contributed by atoms with Gasteiger partial charge in [-0.2, -0.15) is 5.26 Å². The predicted molar refractivity (Wildman–Crippen MR) is 94.1 cm³/mol. The Morgan fingerprint density at radius 3 is 2.80 bits per heavy atom. The third kappa shape index (κ3) is 3.98. The third-order valence-corrected chi connectivity index (χ3v) is 4.36. The molecule has 0 N–H and O–H groups in total. The zero-order valence-corrected chi connectivity index (χ0v) is 14.7. The Balaban J connectivity index is 1.62. The van der Waals surface area contributed by atoms with E-state index in [4.69, 9.17) is 4.74 Å². The van der Waals surface area contributed by atoms with Gasteiger partial charge in [0.25, 0.3) is 0 Å². The Morgan fingerprint density at radius 1 is 1.32 bits per heavy atom. The van der Waals surface area contributed by atoms with E-state index < -0.39 is 0 Å². The van der Waals surface area contributed by atoms with E-state index in [1.807, 2.05) is 48.7 Å². The topological polar surface area (TPSA) is 80.3 Å². The Morgan fingerprint density at radius 2 is 2.08 bits per heavy atom. The van der Waals surface area contributed by atoms with Gasteiger partial charge in [-0.3, -0.25) is 4.79 Å². The summed E-state index contributed by atoms with van der Waals surface area (Å²) in [6, 6.07) is 9.66. The number of carbonyl (C=O) groups is 1. The normalized spacial score (nSPS) is 10.6. The van der Waals surface area contributed by atoms with Crippen LogP contribution in [-0.4, -0.2) is 26.1 Å². The van der Waals surface area contributed by atoms with Crippen LogP contribution in [0.4, 0.5) is 0 Å². The van der Waals surface area contributed by atoms with E-state index in [9.17, 15) is 10.1 Å². The summed E-state index contributed by atoms with van der Waals surface area (Å²) in [5, 5.41) is 9.91. The number of aromatic nitrogens is 3. The molecule has 3 rings (SSSR count). The molecule has 0 spiro atoms. The fraction of sp³-hybridized carbons (Fsp3) is 0.222. The summed E-state index contributed by atoms with van der Waals surface area (Å²) in [7, 11) is 0. The van der Waals surface area contributed by atoms with Gasteiger partial charge in [0.15, 0.2) is 5.16 Å². The van der Waals surface area contributed by atoms with Crippen molar-refractivity contribution in [3.8, 4) is 6.07 Å². The second kappa shape index (κ2) is 7.36. The first kappa shape index (κ1) is 17.0. The molecule has 0 aliphatic rings. The van der Waals surface area contributed by atoms with E-state index in [0.717, 1.165) is 16.9 Å². The largest absolute Gasteiger partial charge is 0.460 e. The monoisotopic (exact) mass is 352 g/mol. The molecule has 0 aromatic carbocycles. The van der Waals surface area contributed by atoms with Crippen molar-refractivity contribution in [1.29, 1.82) is 5.26 Å². The number of fused-ring (bicyclic) bond motifs is 1. The van der Waals surface area contributed by atoms with Crippen LogP contribution in [0.2, 0.25) is 0 Å². The van der Waals surface area contributed by atoms with Crippen LogP contribution in [0.3, 0.4) is 0 Å². The number of nitriles is 1. The summed E-state index contributed by atoms with van der Waals surface area (Å²) >= 11 is 1.24. The molecular weight excluding hydrogens is 336 g/mol. The molecule has 0 amide bonds. The van der Waals surface area contributed by atoms with E-state index in [-0.39, 0.29) is 18.3 Å². The van der Waals surface area contributed by atoms with Gasteiger partial charge in [0.2, 0.25) is 0 Å². The fourth-order valence-electron chi connectivity index (χ4n) is 2.50. The van der Waals surface area contributed by atoms with Crippen molar-refractivity contribution in [2.75, 3.05) is 5.75 Å². The lowest BCUT2D eigenvalue weighted by molar-refractivity contribution is -0.141. The predicted octanol–water partition coefficient (Wildman–Crippen LogP) is 3.05. The number of hydrogen-bond acceptors (Lipinski definition) is 6. The maximum absolute atomic E-state index is 12.0. The SMILES string of the molecule is Cc1cc(C)nc(SCC(=O)OCc2cn3ccccc3c2C#N)n1. The third-order valence-electron chi connectivity index (χ3n) is 3.54. The minimum Gasteiger partial charge on any atom is -0.460 e. The van der Waals surface area contributed by atoms with Gasteiger partial charge in [0.05, 0.1) is 16.8 Å². The molecule has 0 aliphatic carbocycles. The number of aryl methyl sites for hydroxylation is 2. The van der Waals surface area contributed by atoms with Gasteiger partial charge in [-0.1, -0.05) is 17.8 Å². The Bertz CT molecular complexity index is 955. The summed E-state index contributed by atoms with van der Waals surface area (Å²) in [4.78, 5) is 20.5. The molecular formula is C18H16N4O2S. The average Bonchev–Trinajstić information content (AvgIpc) is 2.94. The van der Waals surface area contributed by atoms with Crippen LogP contribution < -0.4 is 0 Å². The number of rotatable bonds is 5. The number of thioether (sulfide) groups is 1. The maximum Gasteiger partial charge on any atom is 0.316 e. The summed E-state index contributed by atoms with van der Waals surface area (Å²) in [6.45, 7) is 3.84. The highest BCUT2D eigenvalue weighted by molar-refractivity contribution is 7.99. The minimum absolute atomic E-state index is 0.0671. The minimum atomic E-state index is -0.369. The van der Waals surface area contributed by atoms with Crippen LogP contribution in [-0.2, 0) is 16.1 Å². The lowest BCUT2D eigenvalue weighted by atomic mass is 10.2. The van der Waals surface area contributed by atoms with Crippen molar-refractivity contribution in [3.05, 3.63) is 59.2 Å². The van der Waals surface area contributed by atoms with Crippen molar-refractivity contribution < 1.29 is 9.53 Å². The van der Waals surface area contributed by atoms with Crippen LogP contribution in [0.5, 0.6) is 0 Å². The number of hydrogen-bond donors (Lipinski definition) is 0. The average molecular weight is 352 g/mol. The van der Waals surface area contributed by atoms with Crippen molar-refractivity contribution in [3.63, 3.8) is 0 Å². The zero-order chi connectivity index (χ0) is 17.8. The Hall–Kier alpha value is -2.85. The molecule has 0 aliphatic heterocycles. The highest BCUT2D eigenvalue weighted by atomic mass is 32.2. The standard InChI is InChI=1S/C18H16N4O2S/c1-12-7-13(2)21-18(20-12)25-11-17(23)24-10-14-9-22-6-4-3-5-16(22)15(14)8-19/h3-7,9H,10-11H2,1-2H3. The number of esters is 1. The molecule has 0 bridgehead atoms. The van der Waals surface area contributed by atoms with E-state index in [1.165, 1.54) is 11.8 Å². The second-order valence-electron chi connectivity index (χ2n) is 5.52. The van der Waals surface area contributed by atoms with E-state index in [0.29, 0.717) is 16.3 Å². The molecule has 0 fully saturated rings. The summed E-state index contributed by atoms with van der Waals surface area (Å²) < 4.78 is 7.15. The van der Waals surface area contributed by atoms with Crippen molar-refractivity contribution in [1.82, 2.24) is 14.4 Å². The van der Waals surface area contributed by atoms with Crippen LogP contribution in [0.1, 0.15) is 22.5 Å². The number of ether oxygens (including phenoxy) is 1. The van der Waals surface area contributed by atoms with Crippen LogP contribution in [0, 0.1) is 25.2 Å². The van der Waals surface area contributed by atoms with Crippen LogP contribution in [0.25, 0.3) is 5.52 Å². The molecule has 0 saturated carbocycles. The molecule has 3 aromatic heterocycles. The van der Waals surface area contributed by atoms with Crippen molar-refractivity contribution >= 4 is 23.2 Å². The van der Waals surface area contributed by atoms with Crippen molar-refractivity contribution in [2.45, 2.75) is 25.6 Å². The Kier molecular flexibility index (Phi) is 5.00. The first-order valence-corrected chi connectivity index (χ1v) is 8.65. The summed E-state index contributed by atoms with van der Waals surface area (Å²) in [5.41, 5.74) is 3.74. The van der Waals surface area contributed by atoms with Crippen LogP contribution >= 0.6 is 11.8 Å². The highest BCUT2D eigenvalue weighted by Gasteiger charge is 2.13. The smallest absolute Gasteiger partial charge is 0.316 e. The molecule has 25 heavy (non-hydrogen) atoms. The molecule has 0 radical (unpaired) electrons. The highest BCUT2D eigenvalue weighted by Crippen LogP contribution is 2.19. The fourth-order valence-corrected chi connectivity index (χ4v) is 3.24. The molecule has 3 aromatic rings. The summed E-state index contributed by atoms with van der Waals surface area (Å²) in [6.07, 6.45) is 3.66. The van der Waals surface area contributed by atoms with Gasteiger partial charge in [-0.25, -0.2) is 9.97 Å². The molecule has 7 heteroatoms. The molecule has 0 atom stereocenters. The van der Waals surface area contributed by atoms with Gasteiger partial charge >= 0.3 is 5.97 Å². The summed E-state index contributed by atoms with van der Waals surface area (Å²) in [5.74, 6) is -0.245. The van der Waals surface area contributed by atoms with E-state index in [2.05, 4.69) is 16.0 Å². The van der Waals surface area contributed by atoms with Gasteiger partial charge < -0.3 is 9.14 Å². The van der Waals surface area contributed by atoms with E-state index >= 15 is 0 Å². The van der Waals surface area contributed by atoms with Gasteiger partial charge in [0.1, 0.15) is 12.7 Å². The lowest BCUT2D eigenvalue weighted by Crippen LogP contribution is -2.08. The Labute approximate surface area is 149 Å². The molecule has 6 nitrogen and oxygen atoms in total. The number of carbonyl (C=O) groups excluding carboxylic acids is 1. The van der Waals surface area contributed by atoms with Gasteiger partial charge in [0, 0.05) is 29.3 Å². The lowest BCUT2D eigenvalue weighted by Gasteiger charge is -2.04. The first-order chi connectivity index (χ1) is 12.1. The van der Waals surface area contributed by atoms with E-state index in [1.54, 1.807) is 6.20 Å². The first-order valence-electron chi connectivity index (χ1n) is 7.66. The van der Waals surface area contributed by atoms with Crippen molar-refractivity contribution in [2.24, 2.45) is 0 Å². The zero-order valence-electron chi connectivity index (χ0n) is 13.9.